The van der Waals surface area contributed by atoms with Crippen LogP contribution in [-0.2, 0) is 9.84 Å². The van der Waals surface area contributed by atoms with Crippen molar-refractivity contribution in [1.82, 2.24) is 0 Å². The fourth-order valence-corrected chi connectivity index (χ4v) is 4.15. The van der Waals surface area contributed by atoms with Gasteiger partial charge in [0.2, 0.25) is 9.84 Å². The van der Waals surface area contributed by atoms with E-state index in [1.54, 1.807) is 36.4 Å². The van der Waals surface area contributed by atoms with Gasteiger partial charge in [-0.2, -0.15) is 0 Å². The molecule has 0 amide bonds. The number of ketones is 1. The van der Waals surface area contributed by atoms with E-state index in [1.165, 1.54) is 43.3 Å². The maximum absolute atomic E-state index is 12.9. The van der Waals surface area contributed by atoms with E-state index in [4.69, 9.17) is 0 Å². The Bertz CT molecular complexity index is 1100. The summed E-state index contributed by atoms with van der Waals surface area (Å²) in [6.07, 6.45) is 3.63. The molecule has 0 aliphatic heterocycles. The molecule has 3 aromatic rings. The number of carbonyl (C=O) groups excluding carboxylic acids is 1. The molecule has 0 N–H and O–H groups in total. The van der Waals surface area contributed by atoms with Crippen LogP contribution in [0.15, 0.2) is 82.6 Å². The number of rotatable bonds is 5. The van der Waals surface area contributed by atoms with Crippen molar-refractivity contribution in [2.45, 2.75) is 16.7 Å². The maximum Gasteiger partial charge on any atom is 0.207 e. The highest BCUT2D eigenvalue weighted by molar-refractivity contribution is 7.91. The van der Waals surface area contributed by atoms with Gasteiger partial charge in [0.25, 0.3) is 0 Å². The lowest BCUT2D eigenvalue weighted by molar-refractivity contribution is 0.101. The Kier molecular flexibility index (Phi) is 5.33. The molecule has 3 nitrogen and oxygen atoms in total. The van der Waals surface area contributed by atoms with E-state index in [-0.39, 0.29) is 27.0 Å². The lowest BCUT2D eigenvalue weighted by Crippen LogP contribution is -2.08. The normalized spacial score (nSPS) is 11.6. The molecule has 0 radical (unpaired) electrons. The van der Waals surface area contributed by atoms with Crippen LogP contribution < -0.4 is 0 Å². The van der Waals surface area contributed by atoms with Gasteiger partial charge in [-0.1, -0.05) is 54.6 Å². The summed E-state index contributed by atoms with van der Waals surface area (Å²) < 4.78 is 38.7. The van der Waals surface area contributed by atoms with Crippen LogP contribution in [0.2, 0.25) is 0 Å². The van der Waals surface area contributed by atoms with E-state index >= 15 is 0 Å². The molecule has 0 aromatic heterocycles. The highest BCUT2D eigenvalue weighted by atomic mass is 32.2. The van der Waals surface area contributed by atoms with E-state index in [2.05, 4.69) is 0 Å². The summed E-state index contributed by atoms with van der Waals surface area (Å²) in [7, 11) is -3.79. The van der Waals surface area contributed by atoms with Crippen molar-refractivity contribution in [3.63, 3.8) is 0 Å². The minimum atomic E-state index is -3.79. The molecule has 0 saturated carbocycles. The van der Waals surface area contributed by atoms with Crippen molar-refractivity contribution in [3.05, 3.63) is 95.3 Å². The van der Waals surface area contributed by atoms with Gasteiger partial charge in [0.05, 0.1) is 9.79 Å². The molecule has 0 bridgehead atoms. The number of hydrogen-bond donors (Lipinski definition) is 0. The minimum Gasteiger partial charge on any atom is -0.294 e. The number of carbonyl (C=O) groups is 1. The smallest absolute Gasteiger partial charge is 0.207 e. The molecule has 0 aliphatic carbocycles. The Labute approximate surface area is 157 Å². The Hall–Kier alpha value is -3.05. The van der Waals surface area contributed by atoms with Crippen molar-refractivity contribution in [2.75, 3.05) is 0 Å². The standard InChI is InChI=1S/C22H17FO3S/c1-16(24)21-4-2-3-5-22(21)27(25,26)20-14-10-18(11-15-20)7-6-17-8-12-19(23)13-9-17/h2-15H,1H3/b7-6+. The first kappa shape index (κ1) is 18.7. The summed E-state index contributed by atoms with van der Waals surface area (Å²) in [4.78, 5) is 11.9. The predicted octanol–water partition coefficient (Wildman–Crippen LogP) is 5.03. The fourth-order valence-electron chi connectivity index (χ4n) is 2.64. The van der Waals surface area contributed by atoms with Crippen molar-refractivity contribution in [2.24, 2.45) is 0 Å². The van der Waals surface area contributed by atoms with E-state index in [0.717, 1.165) is 11.1 Å². The van der Waals surface area contributed by atoms with Crippen molar-refractivity contribution in [3.8, 4) is 0 Å². The molecule has 0 saturated heterocycles. The monoisotopic (exact) mass is 380 g/mol. The zero-order valence-electron chi connectivity index (χ0n) is 14.6. The van der Waals surface area contributed by atoms with Crippen LogP contribution in [0.4, 0.5) is 4.39 Å². The highest BCUT2D eigenvalue weighted by Crippen LogP contribution is 2.25. The van der Waals surface area contributed by atoms with E-state index < -0.39 is 9.84 Å². The largest absolute Gasteiger partial charge is 0.294 e. The van der Waals surface area contributed by atoms with Crippen molar-refractivity contribution >= 4 is 27.8 Å². The second-order valence-corrected chi connectivity index (χ2v) is 7.93. The van der Waals surface area contributed by atoms with Gasteiger partial charge in [0, 0.05) is 5.56 Å². The first-order valence-corrected chi connectivity index (χ1v) is 9.75. The molecule has 0 heterocycles. The number of benzene rings is 3. The third-order valence-corrected chi connectivity index (χ3v) is 5.91. The molecule has 3 aromatic carbocycles. The van der Waals surface area contributed by atoms with Gasteiger partial charge in [-0.05, 0) is 48.4 Å². The molecule has 136 valence electrons. The zero-order chi connectivity index (χ0) is 19.4. The second kappa shape index (κ2) is 7.68. The van der Waals surface area contributed by atoms with Crippen molar-refractivity contribution < 1.29 is 17.6 Å². The first-order valence-electron chi connectivity index (χ1n) is 8.27. The molecule has 0 aliphatic rings. The zero-order valence-corrected chi connectivity index (χ0v) is 15.4. The van der Waals surface area contributed by atoms with Gasteiger partial charge >= 0.3 is 0 Å². The van der Waals surface area contributed by atoms with E-state index in [0.29, 0.717) is 0 Å². The summed E-state index contributed by atoms with van der Waals surface area (Å²) in [5.41, 5.74) is 1.82. The number of Topliss-reactive ketones (excluding diaryl/α,β-unsaturated/α-hetero) is 1. The van der Waals surface area contributed by atoms with Gasteiger partial charge in [-0.15, -0.1) is 0 Å². The predicted molar refractivity (Wildman–Crippen MR) is 104 cm³/mol. The van der Waals surface area contributed by atoms with Gasteiger partial charge in [-0.25, -0.2) is 12.8 Å². The van der Waals surface area contributed by atoms with Crippen LogP contribution in [0.3, 0.4) is 0 Å². The van der Waals surface area contributed by atoms with Gasteiger partial charge < -0.3 is 0 Å². The summed E-state index contributed by atoms with van der Waals surface area (Å²) in [5, 5.41) is 0. The molecule has 0 fully saturated rings. The Morgan fingerprint density at radius 3 is 1.89 bits per heavy atom. The molecular weight excluding hydrogens is 363 g/mol. The van der Waals surface area contributed by atoms with Crippen LogP contribution in [0.1, 0.15) is 28.4 Å². The molecule has 0 unspecified atom stereocenters. The number of hydrogen-bond acceptors (Lipinski definition) is 3. The van der Waals surface area contributed by atoms with Crippen molar-refractivity contribution in [1.29, 1.82) is 0 Å². The second-order valence-electron chi connectivity index (χ2n) is 6.01. The summed E-state index contributed by atoms with van der Waals surface area (Å²) in [5.74, 6) is -0.597. The average molecular weight is 380 g/mol. The maximum atomic E-state index is 12.9. The number of halogens is 1. The third-order valence-electron chi connectivity index (χ3n) is 4.08. The summed E-state index contributed by atoms with van der Waals surface area (Å²) in [6, 6.07) is 18.6. The van der Waals surface area contributed by atoms with Crippen LogP contribution in [0, 0.1) is 5.82 Å². The molecular formula is C22H17FO3S. The van der Waals surface area contributed by atoms with Crippen LogP contribution in [0.5, 0.6) is 0 Å². The van der Waals surface area contributed by atoms with E-state index in [1.807, 2.05) is 12.2 Å². The molecule has 27 heavy (non-hydrogen) atoms. The molecule has 0 atom stereocenters. The quantitative estimate of drug-likeness (QED) is 0.461. The lowest BCUT2D eigenvalue weighted by Gasteiger charge is -2.08. The molecule has 5 heteroatoms. The SMILES string of the molecule is CC(=O)c1ccccc1S(=O)(=O)c1ccc(/C=C/c2ccc(F)cc2)cc1. The summed E-state index contributed by atoms with van der Waals surface area (Å²) >= 11 is 0. The fraction of sp³-hybridized carbons (Fsp3) is 0.0455. The average Bonchev–Trinajstić information content (AvgIpc) is 2.68. The Morgan fingerprint density at radius 1 is 0.815 bits per heavy atom. The van der Waals surface area contributed by atoms with Crippen LogP contribution in [0.25, 0.3) is 12.2 Å². The Balaban J connectivity index is 1.89. The first-order chi connectivity index (χ1) is 12.9. The minimum absolute atomic E-state index is 0.00658. The molecule has 0 spiro atoms. The van der Waals surface area contributed by atoms with Crippen LogP contribution in [-0.4, -0.2) is 14.2 Å². The summed E-state index contributed by atoms with van der Waals surface area (Å²) in [6.45, 7) is 1.34. The third kappa shape index (κ3) is 4.20. The molecule has 3 rings (SSSR count). The van der Waals surface area contributed by atoms with Gasteiger partial charge in [0.1, 0.15) is 5.82 Å². The highest BCUT2D eigenvalue weighted by Gasteiger charge is 2.22. The topological polar surface area (TPSA) is 51.2 Å². The number of sulfone groups is 1. The van der Waals surface area contributed by atoms with Crippen LogP contribution >= 0.6 is 0 Å². The Morgan fingerprint density at radius 2 is 1.33 bits per heavy atom. The van der Waals surface area contributed by atoms with E-state index in [9.17, 15) is 17.6 Å². The lowest BCUT2D eigenvalue weighted by atomic mass is 10.1. The van der Waals surface area contributed by atoms with Gasteiger partial charge in [-0.3, -0.25) is 4.79 Å². The van der Waals surface area contributed by atoms with Gasteiger partial charge in [0.15, 0.2) is 5.78 Å².